The van der Waals surface area contributed by atoms with Crippen LogP contribution < -0.4 is 5.73 Å². The summed E-state index contributed by atoms with van der Waals surface area (Å²) >= 11 is 12.4. The number of hydrogen-bond acceptors (Lipinski definition) is 6. The van der Waals surface area contributed by atoms with Gasteiger partial charge in [-0.3, -0.25) is 0 Å². The number of rotatable bonds is 6. The van der Waals surface area contributed by atoms with Crippen molar-refractivity contribution >= 4 is 29.3 Å². The molecule has 1 amide bonds. The summed E-state index contributed by atoms with van der Waals surface area (Å²) in [5.74, 6) is -0.963. The molecule has 0 bridgehead atoms. The Hall–Kier alpha value is -1.87. The number of carbonyl (C=O) groups is 1. The fourth-order valence-corrected chi connectivity index (χ4v) is 3.36. The van der Waals surface area contributed by atoms with Gasteiger partial charge in [-0.25, -0.2) is 14.5 Å². The van der Waals surface area contributed by atoms with Crippen molar-refractivity contribution in [3.63, 3.8) is 0 Å². The van der Waals surface area contributed by atoms with Crippen LogP contribution >= 0.6 is 23.2 Å². The Labute approximate surface area is 173 Å². The van der Waals surface area contributed by atoms with Gasteiger partial charge in [-0.2, -0.15) is 5.10 Å². The number of carbonyl (C=O) groups excluding carboxylic acids is 1. The van der Waals surface area contributed by atoms with Crippen LogP contribution in [0.15, 0.2) is 30.9 Å². The van der Waals surface area contributed by atoms with Crippen LogP contribution in [0.2, 0.25) is 10.0 Å². The highest BCUT2D eigenvalue weighted by Crippen LogP contribution is 2.41. The summed E-state index contributed by atoms with van der Waals surface area (Å²) < 4.78 is 18.1. The van der Waals surface area contributed by atoms with Crippen molar-refractivity contribution in [3.05, 3.63) is 46.5 Å². The van der Waals surface area contributed by atoms with E-state index in [0.29, 0.717) is 29.8 Å². The van der Waals surface area contributed by atoms with E-state index in [-0.39, 0.29) is 6.10 Å². The lowest BCUT2D eigenvalue weighted by molar-refractivity contribution is -0.189. The van der Waals surface area contributed by atoms with Crippen molar-refractivity contribution in [1.82, 2.24) is 14.8 Å². The van der Waals surface area contributed by atoms with Crippen molar-refractivity contribution in [1.29, 1.82) is 0 Å². The molecule has 2 atom stereocenters. The van der Waals surface area contributed by atoms with E-state index in [1.165, 1.54) is 6.33 Å². The Morgan fingerprint density at radius 2 is 2.21 bits per heavy atom. The van der Waals surface area contributed by atoms with Crippen LogP contribution in [0.1, 0.15) is 32.3 Å². The van der Waals surface area contributed by atoms with Gasteiger partial charge in [0.15, 0.2) is 0 Å². The summed E-state index contributed by atoms with van der Waals surface area (Å²) in [4.78, 5) is 13.6. The zero-order valence-corrected chi connectivity index (χ0v) is 17.3. The smallest absolute Gasteiger partial charge is 0.404 e. The quantitative estimate of drug-likeness (QED) is 0.748. The fourth-order valence-electron chi connectivity index (χ4n) is 2.81. The zero-order valence-electron chi connectivity index (χ0n) is 15.8. The third kappa shape index (κ3) is 6.07. The molecule has 28 heavy (non-hydrogen) atoms. The van der Waals surface area contributed by atoms with Crippen LogP contribution in [0.3, 0.4) is 0 Å². The van der Waals surface area contributed by atoms with Gasteiger partial charge < -0.3 is 19.9 Å². The van der Waals surface area contributed by atoms with Crippen molar-refractivity contribution < 1.29 is 19.0 Å². The molecule has 8 nitrogen and oxygen atoms in total. The van der Waals surface area contributed by atoms with E-state index in [0.717, 1.165) is 18.4 Å². The van der Waals surface area contributed by atoms with Gasteiger partial charge in [0.25, 0.3) is 0 Å². The van der Waals surface area contributed by atoms with E-state index in [4.69, 9.17) is 32.7 Å². The van der Waals surface area contributed by atoms with Gasteiger partial charge in [-0.15, -0.1) is 0 Å². The minimum absolute atomic E-state index is 0.0419. The highest BCUT2D eigenvalue weighted by Gasteiger charge is 2.45. The van der Waals surface area contributed by atoms with E-state index < -0.39 is 11.9 Å². The van der Waals surface area contributed by atoms with Gasteiger partial charge in [0.05, 0.1) is 24.3 Å². The molecule has 2 unspecified atom stereocenters. The molecule has 2 N–H and O–H groups in total. The molecule has 3 rings (SSSR count). The fraction of sp³-hybridized carbons (Fsp3) is 0.500. The zero-order chi connectivity index (χ0) is 20.6. The topological polar surface area (TPSA) is 101 Å². The molecule has 1 fully saturated rings. The Balaban J connectivity index is 0.000000409. The second-order valence-corrected chi connectivity index (χ2v) is 6.91. The number of nitrogens with zero attached hydrogens (tertiary/aromatic N) is 3. The predicted octanol–water partition coefficient (Wildman–Crippen LogP) is 3.76. The van der Waals surface area contributed by atoms with Crippen LogP contribution in [-0.2, 0) is 26.5 Å². The van der Waals surface area contributed by atoms with Crippen molar-refractivity contribution in [3.8, 4) is 0 Å². The second-order valence-electron chi connectivity index (χ2n) is 6.06. The summed E-state index contributed by atoms with van der Waals surface area (Å²) in [6.45, 7) is 5.09. The number of benzene rings is 1. The first kappa shape index (κ1) is 22.4. The molecule has 0 spiro atoms. The average Bonchev–Trinajstić information content (AvgIpc) is 3.27. The molecule has 0 radical (unpaired) electrons. The monoisotopic (exact) mass is 430 g/mol. The van der Waals surface area contributed by atoms with E-state index >= 15 is 0 Å². The molecule has 1 aliphatic rings. The normalized spacial score (nSPS) is 21.1. The van der Waals surface area contributed by atoms with Crippen molar-refractivity contribution in [2.75, 3.05) is 13.2 Å². The van der Waals surface area contributed by atoms with Crippen molar-refractivity contribution in [2.45, 2.75) is 45.1 Å². The molecule has 1 aromatic heterocycles. The maximum atomic E-state index is 9.60. The molecule has 0 saturated carbocycles. The summed E-state index contributed by atoms with van der Waals surface area (Å²) in [5, 5.41) is 5.24. The highest BCUT2D eigenvalue weighted by molar-refractivity contribution is 6.35. The lowest BCUT2D eigenvalue weighted by Crippen LogP contribution is -2.34. The van der Waals surface area contributed by atoms with Gasteiger partial charge in [-0.05, 0) is 25.5 Å². The Bertz CT molecular complexity index is 760. The van der Waals surface area contributed by atoms with Crippen LogP contribution in [0.4, 0.5) is 4.79 Å². The lowest BCUT2D eigenvalue weighted by atomic mass is 10.1. The molecule has 1 saturated heterocycles. The first-order valence-corrected chi connectivity index (χ1v) is 9.67. The summed E-state index contributed by atoms with van der Waals surface area (Å²) in [6.07, 6.45) is 4.41. The minimum atomic E-state index is -0.963. The highest BCUT2D eigenvalue weighted by atomic mass is 35.5. The van der Waals surface area contributed by atoms with Gasteiger partial charge in [0.1, 0.15) is 19.2 Å². The number of nitrogens with two attached hydrogens (primary N) is 1. The summed E-state index contributed by atoms with van der Waals surface area (Å²) in [7, 11) is 0. The van der Waals surface area contributed by atoms with Gasteiger partial charge >= 0.3 is 6.09 Å². The molecular formula is C18H24Cl2N4O4. The number of amides is 1. The summed E-state index contributed by atoms with van der Waals surface area (Å²) in [6, 6.07) is 5.32. The molecule has 1 aromatic carbocycles. The molecule has 0 aliphatic carbocycles. The van der Waals surface area contributed by atoms with E-state index in [1.54, 1.807) is 30.1 Å². The van der Waals surface area contributed by atoms with Crippen LogP contribution in [0, 0.1) is 0 Å². The molecular weight excluding hydrogens is 407 g/mol. The van der Waals surface area contributed by atoms with E-state index in [1.807, 2.05) is 6.07 Å². The molecule has 154 valence electrons. The number of primary amides is 1. The maximum absolute atomic E-state index is 9.60. The van der Waals surface area contributed by atoms with Gasteiger partial charge in [-0.1, -0.05) is 42.6 Å². The summed E-state index contributed by atoms with van der Waals surface area (Å²) in [5.41, 5.74) is 5.30. The van der Waals surface area contributed by atoms with Crippen LogP contribution in [0.25, 0.3) is 0 Å². The van der Waals surface area contributed by atoms with E-state index in [9.17, 15) is 4.79 Å². The van der Waals surface area contributed by atoms with Crippen LogP contribution in [-0.4, -0.2) is 40.2 Å². The molecule has 1 aliphatic heterocycles. The number of hydrogen-bond donors (Lipinski definition) is 1. The minimum Gasteiger partial charge on any atom is -0.450 e. The SMILES string of the molecule is CCCC1COC(Cn2cncn2)(c2ccc(Cl)cc2Cl)O1.CCOC(N)=O. The second kappa shape index (κ2) is 10.6. The number of aromatic nitrogens is 3. The number of ether oxygens (including phenoxy) is 3. The molecule has 2 aromatic rings. The average molecular weight is 431 g/mol. The standard InChI is InChI=1S/C15H17Cl2N3O2.C3H7NO2/c1-2-3-12-7-21-15(22-12,8-20-10-18-9-19-20)13-5-4-11(16)6-14(13)17;1-2-6-3(4)5/h4-6,9-10,12H,2-3,7-8H2,1H3;2H2,1H3,(H2,4,5). The maximum Gasteiger partial charge on any atom is 0.404 e. The Morgan fingerprint density at radius 3 is 2.75 bits per heavy atom. The third-order valence-corrected chi connectivity index (χ3v) is 4.48. The first-order valence-electron chi connectivity index (χ1n) is 8.92. The third-order valence-electron chi connectivity index (χ3n) is 3.93. The predicted molar refractivity (Wildman–Crippen MR) is 105 cm³/mol. The Kier molecular flexibility index (Phi) is 8.50. The van der Waals surface area contributed by atoms with Gasteiger partial charge in [0.2, 0.25) is 5.79 Å². The van der Waals surface area contributed by atoms with Gasteiger partial charge in [0, 0.05) is 10.6 Å². The molecule has 10 heteroatoms. The van der Waals surface area contributed by atoms with Crippen molar-refractivity contribution in [2.24, 2.45) is 5.73 Å². The lowest BCUT2D eigenvalue weighted by Gasteiger charge is -2.29. The number of halogens is 2. The Morgan fingerprint density at radius 1 is 1.43 bits per heavy atom. The largest absolute Gasteiger partial charge is 0.450 e. The first-order chi connectivity index (χ1) is 13.4. The van der Waals surface area contributed by atoms with Crippen LogP contribution in [0.5, 0.6) is 0 Å². The molecule has 2 heterocycles. The van der Waals surface area contributed by atoms with E-state index in [2.05, 4.69) is 27.5 Å².